The highest BCUT2D eigenvalue weighted by molar-refractivity contribution is 7.90. The fourth-order valence-electron chi connectivity index (χ4n) is 5.24. The van der Waals surface area contributed by atoms with Gasteiger partial charge in [-0.25, -0.2) is 8.42 Å². The highest BCUT2D eigenvalue weighted by Crippen LogP contribution is 2.63. The number of sulfone groups is 1. The van der Waals surface area contributed by atoms with Crippen molar-refractivity contribution < 1.29 is 35.5 Å². The highest BCUT2D eigenvalue weighted by atomic mass is 32.2. The Morgan fingerprint density at radius 3 is 2.29 bits per heavy atom. The lowest BCUT2D eigenvalue weighted by Gasteiger charge is -2.47. The smallest absolute Gasteiger partial charge is 0.371 e. The summed E-state index contributed by atoms with van der Waals surface area (Å²) in [6.45, 7) is 4.15. The number of hydrogen-bond donors (Lipinski definition) is 1. The van der Waals surface area contributed by atoms with Crippen LogP contribution in [0, 0.1) is 5.92 Å². The van der Waals surface area contributed by atoms with Gasteiger partial charge >= 0.3 is 12.1 Å². The second-order valence-electron chi connectivity index (χ2n) is 9.70. The van der Waals surface area contributed by atoms with Gasteiger partial charge in [-0.3, -0.25) is 4.90 Å². The van der Waals surface area contributed by atoms with Crippen molar-refractivity contribution in [2.75, 3.05) is 25.1 Å². The lowest BCUT2D eigenvalue weighted by Crippen LogP contribution is -2.62. The number of halogens is 5. The number of nitrogens with zero attached hydrogens (tertiary/aromatic N) is 1. The van der Waals surface area contributed by atoms with E-state index in [1.54, 1.807) is 6.07 Å². The molecule has 1 heterocycles. The molecule has 10 heteroatoms. The van der Waals surface area contributed by atoms with Crippen LogP contribution in [-0.2, 0) is 34.3 Å². The number of piperidine rings is 1. The van der Waals surface area contributed by atoms with Gasteiger partial charge in [0, 0.05) is 23.9 Å². The summed E-state index contributed by atoms with van der Waals surface area (Å²) in [5.41, 5.74) is -2.86. The van der Waals surface area contributed by atoms with E-state index in [-0.39, 0.29) is 11.7 Å². The minimum Gasteiger partial charge on any atom is -0.371 e. The molecule has 192 valence electrons. The average molecular weight is 518 g/mol. The molecule has 0 amide bonds. The molecule has 0 spiro atoms. The summed E-state index contributed by atoms with van der Waals surface area (Å²) >= 11 is 0. The molecule has 0 saturated carbocycles. The van der Waals surface area contributed by atoms with E-state index in [2.05, 4.69) is 4.90 Å². The van der Waals surface area contributed by atoms with Gasteiger partial charge in [0.2, 0.25) is 0 Å². The summed E-state index contributed by atoms with van der Waals surface area (Å²) in [5.74, 6) is -4.05. The Bertz CT molecular complexity index is 1220. The SMILES string of the molecule is CCc1cc(CN2CCC(CS(C)(=O)=O)CC2)ccc1-c1ccc2c(c1)C(F)(F)C2(O)C(F)(F)F. The number of benzene rings is 2. The van der Waals surface area contributed by atoms with Gasteiger partial charge in [-0.15, -0.1) is 0 Å². The Hall–Kier alpha value is -2.04. The molecule has 1 atom stereocenters. The maximum Gasteiger partial charge on any atom is 0.427 e. The van der Waals surface area contributed by atoms with Gasteiger partial charge in [-0.1, -0.05) is 37.3 Å². The zero-order valence-electron chi connectivity index (χ0n) is 19.5. The third-order valence-corrected chi connectivity index (χ3v) is 8.20. The molecule has 0 bridgehead atoms. The van der Waals surface area contributed by atoms with Crippen molar-refractivity contribution in [3.8, 4) is 11.1 Å². The normalized spacial score (nSPS) is 23.1. The zero-order chi connectivity index (χ0) is 25.8. The molecule has 2 aromatic carbocycles. The first kappa shape index (κ1) is 26.0. The molecule has 2 aliphatic rings. The molecule has 2 aromatic rings. The molecule has 1 N–H and O–H groups in total. The van der Waals surface area contributed by atoms with E-state index in [1.807, 2.05) is 19.1 Å². The maximum atomic E-state index is 14.4. The quantitative estimate of drug-likeness (QED) is 0.547. The van der Waals surface area contributed by atoms with Gasteiger partial charge < -0.3 is 5.11 Å². The van der Waals surface area contributed by atoms with E-state index in [0.29, 0.717) is 24.1 Å². The molecule has 1 aliphatic carbocycles. The Balaban J connectivity index is 1.52. The molecule has 1 fully saturated rings. The van der Waals surface area contributed by atoms with Gasteiger partial charge in [0.1, 0.15) is 9.84 Å². The van der Waals surface area contributed by atoms with Gasteiger partial charge in [0.25, 0.3) is 5.60 Å². The zero-order valence-corrected chi connectivity index (χ0v) is 20.3. The van der Waals surface area contributed by atoms with Crippen molar-refractivity contribution in [3.63, 3.8) is 0 Å². The third kappa shape index (κ3) is 4.60. The summed E-state index contributed by atoms with van der Waals surface area (Å²) in [7, 11) is -3.00. The first-order valence-corrected chi connectivity index (χ1v) is 13.6. The molecule has 0 aromatic heterocycles. The maximum absolute atomic E-state index is 14.4. The first-order chi connectivity index (χ1) is 16.2. The number of hydrogen-bond acceptors (Lipinski definition) is 4. The Labute approximate surface area is 201 Å². The lowest BCUT2D eigenvalue weighted by atomic mass is 9.68. The van der Waals surface area contributed by atoms with Gasteiger partial charge in [-0.2, -0.15) is 22.0 Å². The minimum absolute atomic E-state index is 0.165. The lowest BCUT2D eigenvalue weighted by molar-refractivity contribution is -0.364. The van der Waals surface area contributed by atoms with Crippen LogP contribution >= 0.6 is 0 Å². The van der Waals surface area contributed by atoms with Crippen LogP contribution in [0.2, 0.25) is 0 Å². The van der Waals surface area contributed by atoms with Crippen LogP contribution in [0.4, 0.5) is 22.0 Å². The van der Waals surface area contributed by atoms with Gasteiger partial charge in [0.15, 0.2) is 0 Å². The van der Waals surface area contributed by atoms with Crippen molar-refractivity contribution in [2.24, 2.45) is 5.92 Å². The number of aliphatic hydroxyl groups is 1. The molecule has 1 unspecified atom stereocenters. The van der Waals surface area contributed by atoms with E-state index in [4.69, 9.17) is 0 Å². The second-order valence-corrected chi connectivity index (χ2v) is 11.9. The predicted octanol–water partition coefficient (Wildman–Crippen LogP) is 5.03. The number of fused-ring (bicyclic) bond motifs is 1. The number of alkyl halides is 5. The first-order valence-electron chi connectivity index (χ1n) is 11.5. The number of rotatable bonds is 6. The second kappa shape index (κ2) is 8.81. The molecule has 35 heavy (non-hydrogen) atoms. The molecule has 4 rings (SSSR count). The third-order valence-electron chi connectivity index (χ3n) is 7.13. The van der Waals surface area contributed by atoms with Crippen LogP contribution < -0.4 is 0 Å². The molecule has 4 nitrogen and oxygen atoms in total. The molecular weight excluding hydrogens is 489 g/mol. The largest absolute Gasteiger partial charge is 0.427 e. The van der Waals surface area contributed by atoms with Gasteiger partial charge in [-0.05, 0) is 66.6 Å². The van der Waals surface area contributed by atoms with E-state index in [1.165, 1.54) is 12.3 Å². The molecule has 1 aliphatic heterocycles. The standard InChI is InChI=1S/C25H28F5NO3S/c1-3-18-12-17(14-31-10-8-16(9-11-31)15-35(2,33)34)4-6-20(18)19-5-7-21-22(13-19)24(26,27)23(21,32)25(28,29)30/h4-7,12-13,16,32H,3,8-11,14-15H2,1-2H3. The van der Waals surface area contributed by atoms with Crippen LogP contribution in [0.15, 0.2) is 36.4 Å². The summed E-state index contributed by atoms with van der Waals surface area (Å²) < 4.78 is 91.3. The molecule has 0 radical (unpaired) electrons. The summed E-state index contributed by atoms with van der Waals surface area (Å²) in [5, 5.41) is 9.74. The van der Waals surface area contributed by atoms with E-state index >= 15 is 0 Å². The Morgan fingerprint density at radius 1 is 1.06 bits per heavy atom. The Kier molecular flexibility index (Phi) is 6.56. The topological polar surface area (TPSA) is 57.6 Å². The Morgan fingerprint density at radius 2 is 1.71 bits per heavy atom. The van der Waals surface area contributed by atoms with Crippen LogP contribution in [0.5, 0.6) is 0 Å². The summed E-state index contributed by atoms with van der Waals surface area (Å²) in [6.07, 6.45) is -2.02. The van der Waals surface area contributed by atoms with Crippen LogP contribution in [-0.4, -0.2) is 49.7 Å². The minimum atomic E-state index is -5.49. The number of likely N-dealkylation sites (tertiary alicyclic amines) is 1. The van der Waals surface area contributed by atoms with Crippen LogP contribution in [0.3, 0.4) is 0 Å². The monoisotopic (exact) mass is 517 g/mol. The van der Waals surface area contributed by atoms with Crippen molar-refractivity contribution in [1.82, 2.24) is 4.90 Å². The molecule has 1 saturated heterocycles. The van der Waals surface area contributed by atoms with Crippen molar-refractivity contribution in [2.45, 2.75) is 50.4 Å². The summed E-state index contributed by atoms with van der Waals surface area (Å²) in [6, 6.07) is 8.95. The molecular formula is C25H28F5NO3S. The fourth-order valence-corrected chi connectivity index (χ4v) is 6.43. The van der Waals surface area contributed by atoms with E-state index < -0.39 is 38.7 Å². The number of aryl methyl sites for hydroxylation is 1. The van der Waals surface area contributed by atoms with Crippen molar-refractivity contribution >= 4 is 9.84 Å². The van der Waals surface area contributed by atoms with Crippen LogP contribution in [0.1, 0.15) is 42.0 Å². The van der Waals surface area contributed by atoms with Gasteiger partial charge in [0.05, 0.1) is 5.75 Å². The fraction of sp³-hybridized carbons (Fsp3) is 0.520. The predicted molar refractivity (Wildman–Crippen MR) is 123 cm³/mol. The van der Waals surface area contributed by atoms with E-state index in [0.717, 1.165) is 49.2 Å². The van der Waals surface area contributed by atoms with Crippen LogP contribution in [0.25, 0.3) is 11.1 Å². The highest BCUT2D eigenvalue weighted by Gasteiger charge is 2.78. The average Bonchev–Trinajstić information content (AvgIpc) is 2.77. The van der Waals surface area contributed by atoms with E-state index in [9.17, 15) is 35.5 Å². The summed E-state index contributed by atoms with van der Waals surface area (Å²) in [4.78, 5) is 2.25. The van der Waals surface area contributed by atoms with Crippen molar-refractivity contribution in [3.05, 3.63) is 58.7 Å². The van der Waals surface area contributed by atoms with Crippen molar-refractivity contribution in [1.29, 1.82) is 0 Å².